The predicted molar refractivity (Wildman–Crippen MR) is 61.1 cm³/mol. The molecule has 2 nitrogen and oxygen atoms in total. The van der Waals surface area contributed by atoms with Gasteiger partial charge in [-0.1, -0.05) is 45.6 Å². The lowest BCUT2D eigenvalue weighted by Crippen LogP contribution is -2.06. The van der Waals surface area contributed by atoms with Crippen LogP contribution in [0.1, 0.15) is 46.0 Å². The third-order valence-electron chi connectivity index (χ3n) is 2.40. The average Bonchev–Trinajstić information content (AvgIpc) is 2.21. The molecular weight excluding hydrogens is 174 g/mol. The molecule has 1 unspecified atom stereocenters. The monoisotopic (exact) mass is 197 g/mol. The van der Waals surface area contributed by atoms with Crippen LogP contribution in [-0.2, 0) is 4.79 Å². The minimum absolute atomic E-state index is 0.364. The maximum Gasteiger partial charge on any atom is 0.147 e. The molecule has 0 aromatic carbocycles. The topological polar surface area (TPSA) is 43.1 Å². The van der Waals surface area contributed by atoms with Gasteiger partial charge in [0.15, 0.2) is 0 Å². The maximum atomic E-state index is 10.5. The standard InChI is InChI=1S/C12H23NO/c1-3-4-5-6-7-11(2)8-12(9-13)10-14/h8,10-11H,3-7,9,13H2,1-2H3/b12-8-. The molecule has 82 valence electrons. The number of hydrogen-bond acceptors (Lipinski definition) is 2. The third-order valence-corrected chi connectivity index (χ3v) is 2.40. The Bertz CT molecular complexity index is 175. The molecule has 0 spiro atoms. The van der Waals surface area contributed by atoms with Crippen molar-refractivity contribution in [3.8, 4) is 0 Å². The number of rotatable bonds is 8. The molecule has 0 fully saturated rings. The summed E-state index contributed by atoms with van der Waals surface area (Å²) in [4.78, 5) is 10.5. The van der Waals surface area contributed by atoms with E-state index in [0.29, 0.717) is 12.5 Å². The highest BCUT2D eigenvalue weighted by Crippen LogP contribution is 2.12. The summed E-state index contributed by atoms with van der Waals surface area (Å²) in [6.45, 7) is 4.72. The fourth-order valence-corrected chi connectivity index (χ4v) is 1.50. The number of hydrogen-bond donors (Lipinski definition) is 1. The third kappa shape index (κ3) is 6.84. The molecular formula is C12H23NO. The van der Waals surface area contributed by atoms with Crippen molar-refractivity contribution >= 4 is 6.29 Å². The summed E-state index contributed by atoms with van der Waals surface area (Å²) in [5.41, 5.74) is 6.14. The highest BCUT2D eigenvalue weighted by molar-refractivity contribution is 5.73. The van der Waals surface area contributed by atoms with E-state index in [4.69, 9.17) is 5.73 Å². The van der Waals surface area contributed by atoms with E-state index < -0.39 is 0 Å². The van der Waals surface area contributed by atoms with Crippen molar-refractivity contribution in [2.75, 3.05) is 6.54 Å². The number of aldehydes is 1. The molecule has 0 rings (SSSR count). The zero-order chi connectivity index (χ0) is 10.8. The average molecular weight is 197 g/mol. The Balaban J connectivity index is 3.67. The van der Waals surface area contributed by atoms with E-state index in [0.717, 1.165) is 18.3 Å². The summed E-state index contributed by atoms with van der Waals surface area (Å²) >= 11 is 0. The molecule has 0 heterocycles. The molecule has 0 bridgehead atoms. The lowest BCUT2D eigenvalue weighted by molar-refractivity contribution is -0.104. The first kappa shape index (κ1) is 13.4. The van der Waals surface area contributed by atoms with Gasteiger partial charge in [-0.2, -0.15) is 0 Å². The van der Waals surface area contributed by atoms with Crippen molar-refractivity contribution in [2.24, 2.45) is 11.7 Å². The smallest absolute Gasteiger partial charge is 0.147 e. The largest absolute Gasteiger partial charge is 0.326 e. The quantitative estimate of drug-likeness (QED) is 0.369. The molecule has 0 aliphatic carbocycles. The Morgan fingerprint density at radius 2 is 2.07 bits per heavy atom. The highest BCUT2D eigenvalue weighted by atomic mass is 16.1. The molecule has 0 aromatic rings. The normalized spacial score (nSPS) is 14.1. The first-order chi connectivity index (χ1) is 6.74. The molecule has 0 aliphatic heterocycles. The number of carbonyl (C=O) groups is 1. The summed E-state index contributed by atoms with van der Waals surface area (Å²) in [7, 11) is 0. The molecule has 0 aliphatic rings. The zero-order valence-electron chi connectivity index (χ0n) is 9.46. The number of allylic oxidation sites excluding steroid dienone is 1. The molecule has 0 amide bonds. The predicted octanol–water partition coefficient (Wildman–Crippen LogP) is 2.68. The minimum atomic E-state index is 0.364. The van der Waals surface area contributed by atoms with Gasteiger partial charge in [-0.25, -0.2) is 0 Å². The minimum Gasteiger partial charge on any atom is -0.326 e. The van der Waals surface area contributed by atoms with E-state index >= 15 is 0 Å². The Kier molecular flexibility index (Phi) is 8.54. The van der Waals surface area contributed by atoms with Crippen molar-refractivity contribution < 1.29 is 4.79 Å². The fourth-order valence-electron chi connectivity index (χ4n) is 1.50. The number of carbonyl (C=O) groups excluding carboxylic acids is 1. The molecule has 2 heteroatoms. The Morgan fingerprint density at radius 3 is 2.57 bits per heavy atom. The van der Waals surface area contributed by atoms with E-state index in [1.807, 2.05) is 6.08 Å². The van der Waals surface area contributed by atoms with Gasteiger partial charge in [-0.05, 0) is 12.3 Å². The summed E-state index contributed by atoms with van der Waals surface area (Å²) in [6.07, 6.45) is 9.16. The first-order valence-electron chi connectivity index (χ1n) is 5.60. The summed E-state index contributed by atoms with van der Waals surface area (Å²) in [5.74, 6) is 0.482. The molecule has 0 radical (unpaired) electrons. The summed E-state index contributed by atoms with van der Waals surface area (Å²) < 4.78 is 0. The van der Waals surface area contributed by atoms with Gasteiger partial charge in [0, 0.05) is 12.1 Å². The van der Waals surface area contributed by atoms with E-state index in [9.17, 15) is 4.79 Å². The van der Waals surface area contributed by atoms with Gasteiger partial charge in [0.05, 0.1) is 0 Å². The lowest BCUT2D eigenvalue weighted by Gasteiger charge is -2.06. The Morgan fingerprint density at radius 1 is 1.36 bits per heavy atom. The van der Waals surface area contributed by atoms with Crippen LogP contribution in [-0.4, -0.2) is 12.8 Å². The van der Waals surface area contributed by atoms with Crippen molar-refractivity contribution in [3.05, 3.63) is 11.6 Å². The van der Waals surface area contributed by atoms with Crippen molar-refractivity contribution in [2.45, 2.75) is 46.0 Å². The van der Waals surface area contributed by atoms with E-state index in [1.165, 1.54) is 25.7 Å². The second-order valence-corrected chi connectivity index (χ2v) is 3.89. The van der Waals surface area contributed by atoms with Crippen molar-refractivity contribution in [1.29, 1.82) is 0 Å². The van der Waals surface area contributed by atoms with Crippen molar-refractivity contribution in [1.82, 2.24) is 0 Å². The molecule has 1 atom stereocenters. The van der Waals surface area contributed by atoms with Gasteiger partial charge in [0.2, 0.25) is 0 Å². The van der Waals surface area contributed by atoms with Crippen LogP contribution in [0.4, 0.5) is 0 Å². The van der Waals surface area contributed by atoms with Crippen LogP contribution in [0.3, 0.4) is 0 Å². The Labute approximate surface area is 87.6 Å². The van der Waals surface area contributed by atoms with E-state index in [1.54, 1.807) is 0 Å². The van der Waals surface area contributed by atoms with Crippen molar-refractivity contribution in [3.63, 3.8) is 0 Å². The Hall–Kier alpha value is -0.630. The van der Waals surface area contributed by atoms with E-state index in [-0.39, 0.29) is 0 Å². The van der Waals surface area contributed by atoms with Crippen LogP contribution in [0.5, 0.6) is 0 Å². The van der Waals surface area contributed by atoms with Crippen LogP contribution in [0, 0.1) is 5.92 Å². The second kappa shape index (κ2) is 8.95. The first-order valence-corrected chi connectivity index (χ1v) is 5.60. The van der Waals surface area contributed by atoms with E-state index in [2.05, 4.69) is 13.8 Å². The molecule has 2 N–H and O–H groups in total. The molecule has 0 saturated heterocycles. The van der Waals surface area contributed by atoms with Gasteiger partial charge in [-0.3, -0.25) is 4.79 Å². The second-order valence-electron chi connectivity index (χ2n) is 3.89. The molecule has 0 aromatic heterocycles. The van der Waals surface area contributed by atoms with Crippen LogP contribution >= 0.6 is 0 Å². The van der Waals surface area contributed by atoms with Gasteiger partial charge < -0.3 is 5.73 Å². The molecule has 14 heavy (non-hydrogen) atoms. The lowest BCUT2D eigenvalue weighted by atomic mass is 10.0. The van der Waals surface area contributed by atoms with Gasteiger partial charge in [-0.15, -0.1) is 0 Å². The zero-order valence-corrected chi connectivity index (χ0v) is 9.46. The van der Waals surface area contributed by atoms with Crippen LogP contribution in [0.2, 0.25) is 0 Å². The van der Waals surface area contributed by atoms with Gasteiger partial charge in [0.1, 0.15) is 6.29 Å². The summed E-state index contributed by atoms with van der Waals surface area (Å²) in [5, 5.41) is 0. The van der Waals surface area contributed by atoms with Gasteiger partial charge >= 0.3 is 0 Å². The fraction of sp³-hybridized carbons (Fsp3) is 0.750. The van der Waals surface area contributed by atoms with Gasteiger partial charge in [0.25, 0.3) is 0 Å². The summed E-state index contributed by atoms with van der Waals surface area (Å²) in [6, 6.07) is 0. The maximum absolute atomic E-state index is 10.5. The highest BCUT2D eigenvalue weighted by Gasteiger charge is 2.00. The van der Waals surface area contributed by atoms with Crippen LogP contribution in [0.25, 0.3) is 0 Å². The van der Waals surface area contributed by atoms with Crippen LogP contribution < -0.4 is 5.73 Å². The van der Waals surface area contributed by atoms with Crippen LogP contribution in [0.15, 0.2) is 11.6 Å². The SMILES string of the molecule is CCCCCCC(C)/C=C(\C=O)CN. The number of unbranched alkanes of at least 4 members (excludes halogenated alkanes) is 3. The number of nitrogens with two attached hydrogens (primary N) is 1. The molecule has 0 saturated carbocycles.